The number of urea groups is 1. The normalized spacial score (nSPS) is 11.2. The lowest BCUT2D eigenvalue weighted by molar-refractivity contribution is 0.262. The largest absolute Gasteiger partial charge is 0.457 e. The highest BCUT2D eigenvalue weighted by atomic mass is 35.5. The van der Waals surface area contributed by atoms with E-state index in [9.17, 15) is 9.18 Å². The van der Waals surface area contributed by atoms with Gasteiger partial charge in [-0.15, -0.1) is 0 Å². The number of ether oxygens (including phenoxy) is 1. The monoisotopic (exact) mass is 426 g/mol. The summed E-state index contributed by atoms with van der Waals surface area (Å²) in [6.45, 7) is 3.66. The number of anilines is 2. The molecule has 2 aromatic carbocycles. The number of hydrogen-bond donors (Lipinski definition) is 2. The molecule has 0 unspecified atom stereocenters. The van der Waals surface area contributed by atoms with E-state index in [1.165, 1.54) is 12.1 Å². The minimum Gasteiger partial charge on any atom is -0.457 e. The maximum Gasteiger partial charge on any atom is 0.323 e. The lowest BCUT2D eigenvalue weighted by Crippen LogP contribution is -2.20. The molecule has 0 atom stereocenters. The Morgan fingerprint density at radius 2 is 1.87 bits per heavy atom. The summed E-state index contributed by atoms with van der Waals surface area (Å²) in [7, 11) is 1.68. The van der Waals surface area contributed by atoms with Crippen molar-refractivity contribution in [3.63, 3.8) is 0 Å². The van der Waals surface area contributed by atoms with Gasteiger partial charge in [0.1, 0.15) is 17.3 Å². The Kier molecular flexibility index (Phi) is 6.64. The minimum absolute atomic E-state index is 0.0231. The van der Waals surface area contributed by atoms with E-state index < -0.39 is 11.8 Å². The molecule has 0 fully saturated rings. The van der Waals surface area contributed by atoms with Gasteiger partial charge in [-0.25, -0.2) is 9.18 Å². The molecule has 6 nitrogen and oxygen atoms in total. The van der Waals surface area contributed by atoms with Crippen molar-refractivity contribution in [2.24, 2.45) is 4.99 Å². The fraction of sp³-hybridized carbons (Fsp3) is 0.136. The molecule has 0 spiro atoms. The van der Waals surface area contributed by atoms with Crippen molar-refractivity contribution >= 4 is 34.7 Å². The zero-order valence-corrected chi connectivity index (χ0v) is 17.4. The van der Waals surface area contributed by atoms with Crippen molar-refractivity contribution in [2.75, 3.05) is 17.7 Å². The van der Waals surface area contributed by atoms with Crippen LogP contribution >= 0.6 is 11.6 Å². The number of rotatable bonds is 5. The molecule has 0 bridgehead atoms. The van der Waals surface area contributed by atoms with Gasteiger partial charge in [0, 0.05) is 36.1 Å². The van der Waals surface area contributed by atoms with Crippen molar-refractivity contribution in [3.8, 4) is 11.5 Å². The third kappa shape index (κ3) is 5.33. The molecule has 2 N–H and O–H groups in total. The second-order valence-electron chi connectivity index (χ2n) is 6.47. The fourth-order valence-electron chi connectivity index (χ4n) is 2.59. The summed E-state index contributed by atoms with van der Waals surface area (Å²) in [5.74, 6) is 0.157. The molecule has 0 aliphatic carbocycles. The molecule has 3 aromatic rings. The predicted octanol–water partition coefficient (Wildman–Crippen LogP) is 6.06. The quantitative estimate of drug-likeness (QED) is 0.487. The van der Waals surface area contributed by atoms with E-state index in [1.807, 2.05) is 13.8 Å². The molecule has 30 heavy (non-hydrogen) atoms. The van der Waals surface area contributed by atoms with Crippen molar-refractivity contribution in [1.29, 1.82) is 0 Å². The Bertz CT molecular complexity index is 1120. The first-order chi connectivity index (χ1) is 14.4. The topological polar surface area (TPSA) is 75.6 Å². The minimum atomic E-state index is -0.629. The highest BCUT2D eigenvalue weighted by Gasteiger charge is 2.10. The highest BCUT2D eigenvalue weighted by Crippen LogP contribution is 2.26. The van der Waals surface area contributed by atoms with Crippen LogP contribution in [0.5, 0.6) is 11.5 Å². The lowest BCUT2D eigenvalue weighted by atomic mass is 10.2. The van der Waals surface area contributed by atoms with Crippen molar-refractivity contribution in [3.05, 3.63) is 76.8 Å². The second-order valence-corrected chi connectivity index (χ2v) is 6.88. The molecular weight excluding hydrogens is 407 g/mol. The van der Waals surface area contributed by atoms with Crippen LogP contribution in [0.4, 0.5) is 20.6 Å². The van der Waals surface area contributed by atoms with E-state index in [0.717, 1.165) is 11.3 Å². The van der Waals surface area contributed by atoms with Crippen molar-refractivity contribution in [2.45, 2.75) is 13.8 Å². The zero-order valence-electron chi connectivity index (χ0n) is 16.7. The van der Waals surface area contributed by atoms with Gasteiger partial charge in [0.15, 0.2) is 0 Å². The number of amides is 2. The first-order valence-electron chi connectivity index (χ1n) is 9.07. The Labute approximate surface area is 178 Å². The fourth-order valence-corrected chi connectivity index (χ4v) is 2.71. The van der Waals surface area contributed by atoms with E-state index >= 15 is 0 Å². The zero-order chi connectivity index (χ0) is 21.7. The Balaban J connectivity index is 1.67. The van der Waals surface area contributed by atoms with Gasteiger partial charge >= 0.3 is 6.03 Å². The molecule has 2 amide bonds. The van der Waals surface area contributed by atoms with Gasteiger partial charge in [0.2, 0.25) is 0 Å². The van der Waals surface area contributed by atoms with Crippen LogP contribution in [0.1, 0.15) is 18.2 Å². The van der Waals surface area contributed by atoms with Gasteiger partial charge in [-0.2, -0.15) is 0 Å². The second kappa shape index (κ2) is 9.37. The summed E-state index contributed by atoms with van der Waals surface area (Å²) in [5.41, 5.74) is 2.82. The third-order valence-electron chi connectivity index (χ3n) is 4.28. The number of carbonyl (C=O) groups excluding carboxylic acids is 1. The Hall–Kier alpha value is -3.45. The number of halogens is 2. The van der Waals surface area contributed by atoms with Gasteiger partial charge in [-0.1, -0.05) is 11.6 Å². The standard InChI is InChI=1S/C22H20ClFN4O2/c1-13-10-15(4-6-18(13)23)27-22(29)28-20-7-5-16(11-19(20)24)30-17-8-9-26-21(12-17)14(2)25-3/h4-12H,1-3H3,(H2,27,28,29). The molecule has 8 heteroatoms. The maximum atomic E-state index is 14.5. The molecule has 1 heterocycles. The highest BCUT2D eigenvalue weighted by molar-refractivity contribution is 6.31. The third-order valence-corrected chi connectivity index (χ3v) is 4.70. The van der Waals surface area contributed by atoms with Gasteiger partial charge in [-0.3, -0.25) is 9.98 Å². The van der Waals surface area contributed by atoms with Gasteiger partial charge < -0.3 is 15.4 Å². The molecule has 1 aromatic heterocycles. The van der Waals surface area contributed by atoms with E-state index in [0.29, 0.717) is 22.2 Å². The average Bonchev–Trinajstić information content (AvgIpc) is 2.72. The van der Waals surface area contributed by atoms with Crippen LogP contribution in [0.15, 0.2) is 59.7 Å². The SMILES string of the molecule is CN=C(C)c1cc(Oc2ccc(NC(=O)Nc3ccc(Cl)c(C)c3)c(F)c2)ccn1. The van der Waals surface area contributed by atoms with Crippen LogP contribution in [0.2, 0.25) is 5.02 Å². The molecular formula is C22H20ClFN4O2. The Morgan fingerprint density at radius 3 is 2.57 bits per heavy atom. The summed E-state index contributed by atoms with van der Waals surface area (Å²) in [6.07, 6.45) is 1.59. The number of nitrogens with zero attached hydrogens (tertiary/aromatic N) is 2. The van der Waals surface area contributed by atoms with Gasteiger partial charge in [-0.05, 0) is 55.8 Å². The van der Waals surface area contributed by atoms with E-state index in [2.05, 4.69) is 20.6 Å². The summed E-state index contributed by atoms with van der Waals surface area (Å²) in [4.78, 5) is 20.5. The van der Waals surface area contributed by atoms with E-state index in [-0.39, 0.29) is 11.4 Å². The molecule has 0 saturated carbocycles. The van der Waals surface area contributed by atoms with E-state index in [1.54, 1.807) is 49.6 Å². The molecule has 0 aliphatic rings. The van der Waals surface area contributed by atoms with Crippen LogP contribution < -0.4 is 15.4 Å². The van der Waals surface area contributed by atoms with Crippen molar-refractivity contribution in [1.82, 2.24) is 4.98 Å². The number of benzene rings is 2. The lowest BCUT2D eigenvalue weighted by Gasteiger charge is -2.11. The summed E-state index contributed by atoms with van der Waals surface area (Å²) in [6, 6.07) is 12.1. The molecule has 0 radical (unpaired) electrons. The average molecular weight is 427 g/mol. The summed E-state index contributed by atoms with van der Waals surface area (Å²) >= 11 is 5.97. The predicted molar refractivity (Wildman–Crippen MR) is 118 cm³/mol. The van der Waals surface area contributed by atoms with Crippen LogP contribution in [0.25, 0.3) is 0 Å². The number of pyridine rings is 1. The Morgan fingerprint density at radius 1 is 1.10 bits per heavy atom. The summed E-state index contributed by atoms with van der Waals surface area (Å²) < 4.78 is 20.2. The molecule has 154 valence electrons. The van der Waals surface area contributed by atoms with Crippen LogP contribution in [0, 0.1) is 12.7 Å². The molecule has 0 aliphatic heterocycles. The number of aliphatic imine (C=N–C) groups is 1. The molecule has 3 rings (SSSR count). The van der Waals surface area contributed by atoms with Gasteiger partial charge in [0.25, 0.3) is 0 Å². The smallest absolute Gasteiger partial charge is 0.323 e. The number of aromatic nitrogens is 1. The number of nitrogens with one attached hydrogen (secondary N) is 2. The van der Waals surface area contributed by atoms with Crippen LogP contribution in [-0.4, -0.2) is 23.8 Å². The van der Waals surface area contributed by atoms with Crippen molar-refractivity contribution < 1.29 is 13.9 Å². The summed E-state index contributed by atoms with van der Waals surface area (Å²) in [5, 5.41) is 5.71. The molecule has 0 saturated heterocycles. The first-order valence-corrected chi connectivity index (χ1v) is 9.45. The number of hydrogen-bond acceptors (Lipinski definition) is 4. The first kappa shape index (κ1) is 21.3. The number of aryl methyl sites for hydroxylation is 1. The van der Waals surface area contributed by atoms with Crippen LogP contribution in [-0.2, 0) is 0 Å². The number of carbonyl (C=O) groups is 1. The van der Waals surface area contributed by atoms with Gasteiger partial charge in [0.05, 0.1) is 17.1 Å². The van der Waals surface area contributed by atoms with Crippen LogP contribution in [0.3, 0.4) is 0 Å². The van der Waals surface area contributed by atoms with E-state index in [4.69, 9.17) is 16.3 Å². The maximum absolute atomic E-state index is 14.5.